The molecule has 0 atom stereocenters. The first-order chi connectivity index (χ1) is 11.9. The van der Waals surface area contributed by atoms with Gasteiger partial charge in [-0.3, -0.25) is 0 Å². The van der Waals surface area contributed by atoms with Gasteiger partial charge in [-0.1, -0.05) is 0 Å². The number of nitrogens with zero attached hydrogens (tertiary/aromatic N) is 4. The third-order valence-electron chi connectivity index (χ3n) is 3.75. The minimum atomic E-state index is -2.71. The van der Waals surface area contributed by atoms with Gasteiger partial charge in [0.15, 0.2) is 17.5 Å². The minimum Gasteiger partial charge on any atom is -0.461 e. The summed E-state index contributed by atoms with van der Waals surface area (Å²) in [5.74, 6) is -3.75. The number of anilines is 1. The van der Waals surface area contributed by atoms with Gasteiger partial charge >= 0.3 is 5.97 Å². The fourth-order valence-corrected chi connectivity index (χ4v) is 3.03. The Morgan fingerprint density at radius 3 is 2.76 bits per heavy atom. The molecule has 0 spiro atoms. The number of aromatic nitrogens is 3. The molecule has 0 N–H and O–H groups in total. The highest BCUT2D eigenvalue weighted by atomic mass is 32.1. The fraction of sp³-hybridized carbons (Fsp3) is 0.467. The number of carbonyl (C=O) groups excluding carboxylic acids is 1. The lowest BCUT2D eigenvalue weighted by Gasteiger charge is -2.32. The highest BCUT2D eigenvalue weighted by Gasteiger charge is 2.35. The number of ether oxygens (including phenoxy) is 1. The van der Waals surface area contributed by atoms with Crippen molar-refractivity contribution in [1.29, 1.82) is 0 Å². The summed E-state index contributed by atoms with van der Waals surface area (Å²) < 4.78 is 49.6. The fourth-order valence-electron chi connectivity index (χ4n) is 2.45. The number of hydrogen-bond donors (Lipinski definition) is 0. The van der Waals surface area contributed by atoms with Gasteiger partial charge < -0.3 is 9.64 Å². The first-order valence-electron chi connectivity index (χ1n) is 7.69. The maximum Gasteiger partial charge on any atom is 0.369 e. The Morgan fingerprint density at radius 1 is 1.40 bits per heavy atom. The Hall–Kier alpha value is -2.23. The zero-order chi connectivity index (χ0) is 18.0. The predicted octanol–water partition coefficient (Wildman–Crippen LogP) is 3.15. The van der Waals surface area contributed by atoms with E-state index in [9.17, 15) is 18.0 Å². The van der Waals surface area contributed by atoms with Crippen LogP contribution in [0.15, 0.2) is 12.3 Å². The second-order valence-corrected chi connectivity index (χ2v) is 6.27. The molecule has 0 radical (unpaired) electrons. The zero-order valence-electron chi connectivity index (χ0n) is 13.3. The summed E-state index contributed by atoms with van der Waals surface area (Å²) in [5.41, 5.74) is 0.301. The van der Waals surface area contributed by atoms with Crippen molar-refractivity contribution in [2.75, 3.05) is 24.6 Å². The summed E-state index contributed by atoms with van der Waals surface area (Å²) in [6.07, 6.45) is 0.709. The number of rotatable bonds is 4. The van der Waals surface area contributed by atoms with Crippen molar-refractivity contribution < 1.29 is 22.7 Å². The van der Waals surface area contributed by atoms with E-state index >= 15 is 0 Å². The van der Waals surface area contributed by atoms with Crippen LogP contribution in [0.2, 0.25) is 0 Å². The molecule has 134 valence electrons. The van der Waals surface area contributed by atoms with Gasteiger partial charge in [0, 0.05) is 37.7 Å². The highest BCUT2D eigenvalue weighted by molar-refractivity contribution is 7.07. The summed E-state index contributed by atoms with van der Waals surface area (Å²) in [6.45, 7) is 1.97. The van der Waals surface area contributed by atoms with E-state index in [2.05, 4.69) is 14.3 Å². The van der Waals surface area contributed by atoms with Crippen molar-refractivity contribution in [3.63, 3.8) is 0 Å². The summed E-state index contributed by atoms with van der Waals surface area (Å²) in [4.78, 5) is 21.1. The molecule has 1 saturated heterocycles. The molecule has 2 aromatic rings. The molecule has 1 aliphatic heterocycles. The Kier molecular flexibility index (Phi) is 4.89. The molecule has 2 aromatic heterocycles. The number of hydrogen-bond acceptors (Lipinski definition) is 7. The SMILES string of the molecule is CCOC(=O)c1nc(-c2cnc(N3CCC(F)(F)CC3)c(F)c2)ns1. The van der Waals surface area contributed by atoms with E-state index in [-0.39, 0.29) is 49.2 Å². The van der Waals surface area contributed by atoms with Crippen molar-refractivity contribution in [3.05, 3.63) is 23.1 Å². The Labute approximate surface area is 145 Å². The van der Waals surface area contributed by atoms with Crippen LogP contribution in [0.25, 0.3) is 11.4 Å². The third-order valence-corrected chi connectivity index (χ3v) is 4.45. The second-order valence-electron chi connectivity index (χ2n) is 5.52. The molecule has 0 bridgehead atoms. The van der Waals surface area contributed by atoms with E-state index in [1.807, 2.05) is 0 Å². The number of pyridine rings is 1. The Balaban J connectivity index is 1.77. The normalized spacial score (nSPS) is 16.7. The van der Waals surface area contributed by atoms with E-state index in [1.165, 1.54) is 17.2 Å². The largest absolute Gasteiger partial charge is 0.461 e. The molecule has 25 heavy (non-hydrogen) atoms. The van der Waals surface area contributed by atoms with Crippen LogP contribution in [0.4, 0.5) is 19.0 Å². The van der Waals surface area contributed by atoms with Gasteiger partial charge in [-0.2, -0.15) is 4.37 Å². The van der Waals surface area contributed by atoms with E-state index in [4.69, 9.17) is 4.74 Å². The summed E-state index contributed by atoms with van der Waals surface area (Å²) in [7, 11) is 0. The molecule has 3 heterocycles. The van der Waals surface area contributed by atoms with Crippen LogP contribution >= 0.6 is 11.5 Å². The molecular weight excluding hydrogens is 357 g/mol. The van der Waals surface area contributed by atoms with Crippen LogP contribution in [0, 0.1) is 5.82 Å². The maximum atomic E-state index is 14.4. The summed E-state index contributed by atoms with van der Waals surface area (Å²) in [6, 6.07) is 1.19. The zero-order valence-corrected chi connectivity index (χ0v) is 14.2. The lowest BCUT2D eigenvalue weighted by Crippen LogP contribution is -2.40. The first kappa shape index (κ1) is 17.6. The number of halogens is 3. The van der Waals surface area contributed by atoms with E-state index in [1.54, 1.807) is 6.92 Å². The lowest BCUT2D eigenvalue weighted by atomic mass is 10.1. The van der Waals surface area contributed by atoms with E-state index in [0.717, 1.165) is 11.5 Å². The topological polar surface area (TPSA) is 68.2 Å². The molecule has 0 amide bonds. The molecule has 0 unspecified atom stereocenters. The van der Waals surface area contributed by atoms with Gasteiger partial charge in [-0.05, 0) is 24.5 Å². The number of esters is 1. The number of carbonyl (C=O) groups is 1. The van der Waals surface area contributed by atoms with Crippen LogP contribution in [0.1, 0.15) is 29.6 Å². The molecule has 10 heteroatoms. The molecule has 0 aromatic carbocycles. The van der Waals surface area contributed by atoms with Crippen molar-refractivity contribution in [3.8, 4) is 11.4 Å². The monoisotopic (exact) mass is 372 g/mol. The van der Waals surface area contributed by atoms with Crippen LogP contribution in [-0.4, -0.2) is 45.9 Å². The smallest absolute Gasteiger partial charge is 0.369 e. The van der Waals surface area contributed by atoms with Crippen molar-refractivity contribution >= 4 is 23.3 Å². The molecule has 0 aliphatic carbocycles. The molecular formula is C15H15F3N4O2S. The van der Waals surface area contributed by atoms with Crippen LogP contribution < -0.4 is 4.90 Å². The van der Waals surface area contributed by atoms with E-state index in [0.29, 0.717) is 5.56 Å². The molecule has 0 saturated carbocycles. The second kappa shape index (κ2) is 6.95. The first-order valence-corrected chi connectivity index (χ1v) is 8.46. The van der Waals surface area contributed by atoms with Crippen LogP contribution in [0.3, 0.4) is 0 Å². The quantitative estimate of drug-likeness (QED) is 0.768. The van der Waals surface area contributed by atoms with Gasteiger partial charge in [0.25, 0.3) is 5.92 Å². The van der Waals surface area contributed by atoms with Crippen molar-refractivity contribution in [2.24, 2.45) is 0 Å². The average Bonchev–Trinajstić information content (AvgIpc) is 3.06. The molecule has 1 aliphatic rings. The minimum absolute atomic E-state index is 0.0279. The Bertz CT molecular complexity index is 774. The summed E-state index contributed by atoms with van der Waals surface area (Å²) in [5, 5.41) is 0.0691. The Morgan fingerprint density at radius 2 is 2.12 bits per heavy atom. The predicted molar refractivity (Wildman–Crippen MR) is 85.4 cm³/mol. The number of piperidine rings is 1. The van der Waals surface area contributed by atoms with Crippen LogP contribution in [0.5, 0.6) is 0 Å². The lowest BCUT2D eigenvalue weighted by molar-refractivity contribution is -0.0222. The van der Waals surface area contributed by atoms with Gasteiger partial charge in [0.05, 0.1) is 6.61 Å². The van der Waals surface area contributed by atoms with Gasteiger partial charge in [-0.25, -0.2) is 27.9 Å². The van der Waals surface area contributed by atoms with Crippen molar-refractivity contribution in [1.82, 2.24) is 14.3 Å². The average molecular weight is 372 g/mol. The highest BCUT2D eigenvalue weighted by Crippen LogP contribution is 2.31. The summed E-state index contributed by atoms with van der Waals surface area (Å²) >= 11 is 0.851. The van der Waals surface area contributed by atoms with Gasteiger partial charge in [0.2, 0.25) is 5.01 Å². The van der Waals surface area contributed by atoms with Gasteiger partial charge in [-0.15, -0.1) is 0 Å². The van der Waals surface area contributed by atoms with E-state index < -0.39 is 17.7 Å². The standard InChI is InChI=1S/C15H15F3N4O2S/c1-2-24-14(23)13-20-11(21-25-13)9-7-10(16)12(19-8-9)22-5-3-15(17,18)4-6-22/h7-8H,2-6H2,1H3. The maximum absolute atomic E-state index is 14.4. The third kappa shape index (κ3) is 3.89. The number of alkyl halides is 2. The van der Waals surface area contributed by atoms with Crippen molar-refractivity contribution in [2.45, 2.75) is 25.7 Å². The molecule has 6 nitrogen and oxygen atoms in total. The van der Waals surface area contributed by atoms with Gasteiger partial charge in [0.1, 0.15) is 0 Å². The molecule has 1 fully saturated rings. The van der Waals surface area contributed by atoms with Crippen LogP contribution in [-0.2, 0) is 4.74 Å². The molecule has 3 rings (SSSR count).